The summed E-state index contributed by atoms with van der Waals surface area (Å²) in [5, 5.41) is 4.84. The highest BCUT2D eigenvalue weighted by Crippen LogP contribution is 2.24. The smallest absolute Gasteiger partial charge is 0.252 e. The highest BCUT2D eigenvalue weighted by Gasteiger charge is 2.23. The summed E-state index contributed by atoms with van der Waals surface area (Å²) in [6.45, 7) is 1.42. The van der Waals surface area contributed by atoms with E-state index in [9.17, 15) is 18.0 Å². The molecule has 0 saturated carbocycles. The van der Waals surface area contributed by atoms with Crippen LogP contribution in [0.5, 0.6) is 0 Å². The van der Waals surface area contributed by atoms with Gasteiger partial charge in [0.25, 0.3) is 5.91 Å². The fraction of sp³-hybridized carbons (Fsp3) is 0.368. The van der Waals surface area contributed by atoms with Crippen molar-refractivity contribution in [1.29, 1.82) is 0 Å². The van der Waals surface area contributed by atoms with Crippen molar-refractivity contribution >= 4 is 44.8 Å². The number of carbonyl (C=O) groups excluding carboxylic acids is 2. The topological polar surface area (TPSA) is 86.8 Å². The van der Waals surface area contributed by atoms with Crippen LogP contribution in [0.1, 0.15) is 27.2 Å². The van der Waals surface area contributed by atoms with E-state index in [1.165, 1.54) is 42.7 Å². The van der Waals surface area contributed by atoms with Crippen LogP contribution in [0, 0.1) is 0 Å². The average Bonchev–Trinajstić information content (AvgIpc) is 3.15. The fourth-order valence-electron chi connectivity index (χ4n) is 3.05. The number of fused-ring (bicyclic) bond motifs is 1. The SMILES string of the molecule is CN(C)S(=O)(=O)c1ccc(Cl)c(C(=O)NCCC(=O)N2CCc3sccc3C2)c1. The fourth-order valence-corrected chi connectivity index (χ4v) is 5.07. The van der Waals surface area contributed by atoms with Gasteiger partial charge in [0.15, 0.2) is 0 Å². The molecule has 1 aromatic carbocycles. The molecule has 0 aliphatic carbocycles. The van der Waals surface area contributed by atoms with Crippen molar-refractivity contribution in [3.8, 4) is 0 Å². The van der Waals surface area contributed by atoms with E-state index in [0.717, 1.165) is 10.7 Å². The predicted octanol–water partition coefficient (Wildman–Crippen LogP) is 2.36. The summed E-state index contributed by atoms with van der Waals surface area (Å²) >= 11 is 7.79. The highest BCUT2D eigenvalue weighted by atomic mass is 35.5. The van der Waals surface area contributed by atoms with Crippen LogP contribution < -0.4 is 5.32 Å². The second-order valence-electron chi connectivity index (χ2n) is 6.87. The van der Waals surface area contributed by atoms with Crippen LogP contribution in [0.25, 0.3) is 0 Å². The molecule has 2 amide bonds. The van der Waals surface area contributed by atoms with Gasteiger partial charge in [-0.2, -0.15) is 0 Å². The first kappa shape index (κ1) is 21.8. The maximum absolute atomic E-state index is 12.5. The standard InChI is InChI=1S/C19H22ClN3O4S2/c1-22(2)29(26,27)14-3-4-16(20)15(11-14)19(25)21-8-5-18(24)23-9-6-17-13(12-23)7-10-28-17/h3-4,7,10-11H,5-6,8-9,12H2,1-2H3,(H,21,25). The van der Waals surface area contributed by atoms with Crippen LogP contribution in [0.2, 0.25) is 5.02 Å². The zero-order valence-electron chi connectivity index (χ0n) is 16.1. The molecule has 7 nitrogen and oxygen atoms in total. The first-order chi connectivity index (χ1) is 13.7. The van der Waals surface area contributed by atoms with Crippen molar-refractivity contribution in [3.63, 3.8) is 0 Å². The predicted molar refractivity (Wildman–Crippen MR) is 113 cm³/mol. The molecule has 1 aliphatic rings. The van der Waals surface area contributed by atoms with Gasteiger partial charge in [0.1, 0.15) is 0 Å². The number of benzene rings is 1. The average molecular weight is 456 g/mol. The van der Waals surface area contributed by atoms with Crippen molar-refractivity contribution < 1.29 is 18.0 Å². The quantitative estimate of drug-likeness (QED) is 0.724. The highest BCUT2D eigenvalue weighted by molar-refractivity contribution is 7.89. The normalized spacial score (nSPS) is 14.0. The molecular weight excluding hydrogens is 434 g/mol. The number of halogens is 1. The zero-order valence-corrected chi connectivity index (χ0v) is 18.5. The van der Waals surface area contributed by atoms with Crippen molar-refractivity contribution in [2.24, 2.45) is 0 Å². The molecule has 156 valence electrons. The van der Waals surface area contributed by atoms with Gasteiger partial charge in [0.2, 0.25) is 15.9 Å². The van der Waals surface area contributed by atoms with Crippen molar-refractivity contribution in [1.82, 2.24) is 14.5 Å². The zero-order chi connectivity index (χ0) is 21.2. The van der Waals surface area contributed by atoms with Crippen LogP contribution >= 0.6 is 22.9 Å². The molecular formula is C19H22ClN3O4S2. The molecule has 0 atom stereocenters. The minimum absolute atomic E-state index is 0.0204. The van der Waals surface area contributed by atoms with E-state index >= 15 is 0 Å². The molecule has 3 rings (SSSR count). The summed E-state index contributed by atoms with van der Waals surface area (Å²) in [5.74, 6) is -0.547. The number of sulfonamides is 1. The van der Waals surface area contributed by atoms with Gasteiger partial charge < -0.3 is 10.2 Å². The minimum Gasteiger partial charge on any atom is -0.351 e. The lowest BCUT2D eigenvalue weighted by atomic mass is 10.1. The molecule has 2 heterocycles. The first-order valence-electron chi connectivity index (χ1n) is 9.03. The monoisotopic (exact) mass is 455 g/mol. The third-order valence-corrected chi connectivity index (χ3v) is 7.91. The molecule has 10 heteroatoms. The molecule has 1 aliphatic heterocycles. The van der Waals surface area contributed by atoms with Crippen LogP contribution in [-0.2, 0) is 27.8 Å². The Hall–Kier alpha value is -1.94. The van der Waals surface area contributed by atoms with E-state index in [-0.39, 0.29) is 34.4 Å². The Balaban J connectivity index is 1.59. The molecule has 0 saturated heterocycles. The van der Waals surface area contributed by atoms with Crippen LogP contribution in [0.15, 0.2) is 34.5 Å². The number of rotatable bonds is 6. The summed E-state index contributed by atoms with van der Waals surface area (Å²) in [6.07, 6.45) is 1.02. The lowest BCUT2D eigenvalue weighted by Gasteiger charge is -2.27. The summed E-state index contributed by atoms with van der Waals surface area (Å²) in [4.78, 5) is 28.0. The number of hydrogen-bond donors (Lipinski definition) is 1. The Labute approximate surface area is 179 Å². The summed E-state index contributed by atoms with van der Waals surface area (Å²) in [7, 11) is -0.860. The lowest BCUT2D eigenvalue weighted by Crippen LogP contribution is -2.37. The van der Waals surface area contributed by atoms with Gasteiger partial charge in [-0.1, -0.05) is 11.6 Å². The van der Waals surface area contributed by atoms with Gasteiger partial charge in [0.05, 0.1) is 15.5 Å². The number of nitrogens with zero attached hydrogens (tertiary/aromatic N) is 2. The van der Waals surface area contributed by atoms with E-state index in [1.54, 1.807) is 16.2 Å². The van der Waals surface area contributed by atoms with Crippen molar-refractivity contribution in [2.75, 3.05) is 27.2 Å². The molecule has 0 unspecified atom stereocenters. The number of hydrogen-bond acceptors (Lipinski definition) is 5. The molecule has 2 aromatic rings. The molecule has 1 N–H and O–H groups in total. The van der Waals surface area contributed by atoms with E-state index in [1.807, 2.05) is 11.4 Å². The number of carbonyl (C=O) groups is 2. The van der Waals surface area contributed by atoms with Gasteiger partial charge in [-0.05, 0) is 41.6 Å². The van der Waals surface area contributed by atoms with E-state index in [2.05, 4.69) is 5.32 Å². The van der Waals surface area contributed by atoms with Crippen molar-refractivity contribution in [3.05, 3.63) is 50.7 Å². The van der Waals surface area contributed by atoms with Gasteiger partial charge >= 0.3 is 0 Å². The third-order valence-electron chi connectivity index (χ3n) is 4.75. The third kappa shape index (κ3) is 4.80. The van der Waals surface area contributed by atoms with Crippen molar-refractivity contribution in [2.45, 2.75) is 24.3 Å². The van der Waals surface area contributed by atoms with Gasteiger partial charge in [-0.25, -0.2) is 12.7 Å². The molecule has 29 heavy (non-hydrogen) atoms. The Morgan fingerprint density at radius 1 is 1.28 bits per heavy atom. The Morgan fingerprint density at radius 2 is 2.03 bits per heavy atom. The summed E-state index contributed by atoms with van der Waals surface area (Å²) in [5.41, 5.74) is 1.24. The molecule has 0 radical (unpaired) electrons. The first-order valence-corrected chi connectivity index (χ1v) is 11.7. The van der Waals surface area contributed by atoms with Gasteiger partial charge in [-0.3, -0.25) is 9.59 Å². The van der Waals surface area contributed by atoms with E-state index in [0.29, 0.717) is 13.1 Å². The minimum atomic E-state index is -3.68. The van der Waals surface area contributed by atoms with Crippen LogP contribution in [-0.4, -0.2) is 56.6 Å². The largest absolute Gasteiger partial charge is 0.351 e. The van der Waals surface area contributed by atoms with Gasteiger partial charge in [-0.15, -0.1) is 11.3 Å². The summed E-state index contributed by atoms with van der Waals surface area (Å²) < 4.78 is 25.6. The molecule has 0 bridgehead atoms. The Morgan fingerprint density at radius 3 is 2.76 bits per heavy atom. The second-order valence-corrected chi connectivity index (χ2v) is 10.4. The molecule has 1 aromatic heterocycles. The molecule has 0 spiro atoms. The summed E-state index contributed by atoms with van der Waals surface area (Å²) in [6, 6.07) is 6.02. The maximum Gasteiger partial charge on any atom is 0.252 e. The number of thiophene rings is 1. The number of nitrogens with one attached hydrogen (secondary N) is 1. The maximum atomic E-state index is 12.5. The Bertz CT molecular complexity index is 1030. The lowest BCUT2D eigenvalue weighted by molar-refractivity contribution is -0.131. The second kappa shape index (κ2) is 8.83. The van der Waals surface area contributed by atoms with Gasteiger partial charge in [0, 0.05) is 45.0 Å². The van der Waals surface area contributed by atoms with Crippen LogP contribution in [0.4, 0.5) is 0 Å². The van der Waals surface area contributed by atoms with Crippen LogP contribution in [0.3, 0.4) is 0 Å². The van der Waals surface area contributed by atoms with E-state index in [4.69, 9.17) is 11.6 Å². The molecule has 0 fully saturated rings. The number of amides is 2. The van der Waals surface area contributed by atoms with E-state index < -0.39 is 15.9 Å². The Kier molecular flexibility index (Phi) is 6.62.